The number of amides is 1. The van der Waals surface area contributed by atoms with E-state index in [1.54, 1.807) is 18.0 Å². The van der Waals surface area contributed by atoms with Crippen LogP contribution in [0.4, 0.5) is 5.82 Å². The van der Waals surface area contributed by atoms with E-state index in [0.29, 0.717) is 11.3 Å². The van der Waals surface area contributed by atoms with Gasteiger partial charge in [0.1, 0.15) is 22.8 Å². The van der Waals surface area contributed by atoms with Gasteiger partial charge in [0.25, 0.3) is 5.91 Å². The molecule has 0 aliphatic rings. The van der Waals surface area contributed by atoms with Crippen LogP contribution < -0.4 is 16.2 Å². The van der Waals surface area contributed by atoms with Crippen molar-refractivity contribution in [2.24, 2.45) is 5.73 Å². The molecule has 0 bridgehead atoms. The number of carbonyl (C=O) groups is 1. The van der Waals surface area contributed by atoms with Gasteiger partial charge >= 0.3 is 0 Å². The second-order valence-corrected chi connectivity index (χ2v) is 6.84. The van der Waals surface area contributed by atoms with Gasteiger partial charge < -0.3 is 16.2 Å². The number of ether oxygens (including phenoxy) is 1. The number of nitrogens with two attached hydrogens (primary N) is 2. The number of nitrogens with zero attached hydrogens (tertiary/aromatic N) is 3. The number of rotatable bonds is 3. The van der Waals surface area contributed by atoms with Gasteiger partial charge in [0, 0.05) is 23.2 Å². The summed E-state index contributed by atoms with van der Waals surface area (Å²) >= 11 is 0. The molecule has 0 saturated heterocycles. The summed E-state index contributed by atoms with van der Waals surface area (Å²) in [5.74, 6) is 0.370. The van der Waals surface area contributed by atoms with Gasteiger partial charge in [-0.05, 0) is 39.0 Å². The molecule has 0 radical (unpaired) electrons. The fourth-order valence-corrected chi connectivity index (χ4v) is 2.75. The Morgan fingerprint density at radius 3 is 2.56 bits per heavy atom. The summed E-state index contributed by atoms with van der Waals surface area (Å²) in [5, 5.41) is 5.44. The minimum absolute atomic E-state index is 0.213. The monoisotopic (exact) mass is 339 g/mol. The maximum absolute atomic E-state index is 12.0. The van der Waals surface area contributed by atoms with E-state index in [1.165, 1.54) is 0 Å². The Hall–Kier alpha value is -3.09. The van der Waals surface area contributed by atoms with Gasteiger partial charge in [-0.2, -0.15) is 5.10 Å². The van der Waals surface area contributed by atoms with Crippen molar-refractivity contribution < 1.29 is 9.53 Å². The quantitative estimate of drug-likeness (QED) is 0.762. The van der Waals surface area contributed by atoms with Crippen LogP contribution in [0, 0.1) is 0 Å². The fraction of sp³-hybridized carbons (Fsp3) is 0.278. The number of fused-ring (bicyclic) bond motifs is 1. The third-order valence-corrected chi connectivity index (χ3v) is 3.97. The standard InChI is InChI=1S/C18H21N5O2/c1-18(2,3)23-16(19)14(17(20)24)15(22-23)11-7-10-5-6-12(25-4)8-13(10)21-9-11/h5-9H,19H2,1-4H3,(H2,20,24). The molecule has 25 heavy (non-hydrogen) atoms. The van der Waals surface area contributed by atoms with Crippen LogP contribution in [0.2, 0.25) is 0 Å². The minimum atomic E-state index is -0.613. The maximum atomic E-state index is 12.0. The summed E-state index contributed by atoms with van der Waals surface area (Å²) in [6.45, 7) is 5.86. The Morgan fingerprint density at radius 1 is 1.24 bits per heavy atom. The highest BCUT2D eigenvalue weighted by atomic mass is 16.5. The maximum Gasteiger partial charge on any atom is 0.254 e. The third-order valence-electron chi connectivity index (χ3n) is 3.97. The van der Waals surface area contributed by atoms with E-state index in [4.69, 9.17) is 16.2 Å². The number of methoxy groups -OCH3 is 1. The van der Waals surface area contributed by atoms with Crippen molar-refractivity contribution in [3.05, 3.63) is 36.0 Å². The lowest BCUT2D eigenvalue weighted by molar-refractivity contribution is 0.100. The molecule has 0 spiro atoms. The van der Waals surface area contributed by atoms with Crippen LogP contribution in [-0.4, -0.2) is 27.8 Å². The van der Waals surface area contributed by atoms with Crippen LogP contribution in [0.3, 0.4) is 0 Å². The second kappa shape index (κ2) is 5.77. The molecular formula is C18H21N5O2. The first-order valence-electron chi connectivity index (χ1n) is 7.85. The van der Waals surface area contributed by atoms with Crippen LogP contribution in [0.5, 0.6) is 5.75 Å². The number of nitrogen functional groups attached to an aromatic ring is 1. The molecular weight excluding hydrogens is 318 g/mol. The molecule has 0 fully saturated rings. The Labute approximate surface area is 145 Å². The molecule has 2 heterocycles. The molecule has 130 valence electrons. The zero-order valence-electron chi connectivity index (χ0n) is 14.7. The predicted molar refractivity (Wildman–Crippen MR) is 97.4 cm³/mol. The Bertz CT molecular complexity index is 969. The van der Waals surface area contributed by atoms with Gasteiger partial charge in [-0.3, -0.25) is 9.78 Å². The lowest BCUT2D eigenvalue weighted by Crippen LogP contribution is -2.25. The van der Waals surface area contributed by atoms with E-state index >= 15 is 0 Å². The van der Waals surface area contributed by atoms with Crippen LogP contribution in [0.1, 0.15) is 31.1 Å². The first-order valence-corrected chi connectivity index (χ1v) is 7.85. The topological polar surface area (TPSA) is 109 Å². The molecule has 1 aromatic carbocycles. The van der Waals surface area contributed by atoms with E-state index in [-0.39, 0.29) is 16.9 Å². The highest BCUT2D eigenvalue weighted by molar-refractivity contribution is 6.03. The highest BCUT2D eigenvalue weighted by Crippen LogP contribution is 2.32. The molecule has 0 saturated carbocycles. The molecule has 7 heteroatoms. The molecule has 1 amide bonds. The Kier molecular flexibility index (Phi) is 3.87. The third kappa shape index (κ3) is 2.88. The Balaban J connectivity index is 2.22. The highest BCUT2D eigenvalue weighted by Gasteiger charge is 2.27. The number of primary amides is 1. The number of anilines is 1. The summed E-state index contributed by atoms with van der Waals surface area (Å²) in [6.07, 6.45) is 1.66. The van der Waals surface area contributed by atoms with E-state index in [2.05, 4.69) is 10.1 Å². The molecule has 0 aliphatic carbocycles. The van der Waals surface area contributed by atoms with E-state index in [1.807, 2.05) is 45.0 Å². The summed E-state index contributed by atoms with van der Waals surface area (Å²) in [6, 6.07) is 7.50. The largest absolute Gasteiger partial charge is 0.497 e. The van der Waals surface area contributed by atoms with Gasteiger partial charge in [0.15, 0.2) is 0 Å². The van der Waals surface area contributed by atoms with Gasteiger partial charge in [-0.25, -0.2) is 4.68 Å². The van der Waals surface area contributed by atoms with Crippen LogP contribution in [0.15, 0.2) is 30.5 Å². The van der Waals surface area contributed by atoms with Crippen LogP contribution >= 0.6 is 0 Å². The molecule has 7 nitrogen and oxygen atoms in total. The predicted octanol–water partition coefficient (Wildman–Crippen LogP) is 2.54. The number of benzene rings is 1. The van der Waals surface area contributed by atoms with Crippen molar-refractivity contribution in [3.63, 3.8) is 0 Å². The van der Waals surface area contributed by atoms with Crippen molar-refractivity contribution in [2.75, 3.05) is 12.8 Å². The van der Waals surface area contributed by atoms with Gasteiger partial charge in [-0.1, -0.05) is 0 Å². The average molecular weight is 339 g/mol. The summed E-state index contributed by atoms with van der Waals surface area (Å²) in [5.41, 5.74) is 13.4. The Morgan fingerprint density at radius 2 is 1.96 bits per heavy atom. The lowest BCUT2D eigenvalue weighted by Gasteiger charge is -2.20. The number of aromatic nitrogens is 3. The summed E-state index contributed by atoms with van der Waals surface area (Å²) < 4.78 is 6.82. The SMILES string of the molecule is COc1ccc2cc(-c3nn(C(C)(C)C)c(N)c3C(N)=O)cnc2c1. The van der Waals surface area contributed by atoms with Crippen LogP contribution in [0.25, 0.3) is 22.2 Å². The summed E-state index contributed by atoms with van der Waals surface area (Å²) in [4.78, 5) is 16.4. The molecule has 3 aromatic rings. The molecule has 2 aromatic heterocycles. The van der Waals surface area contributed by atoms with Gasteiger partial charge in [0.2, 0.25) is 0 Å². The number of pyridine rings is 1. The second-order valence-electron chi connectivity index (χ2n) is 6.84. The zero-order chi connectivity index (χ0) is 18.4. The van der Waals surface area contributed by atoms with Gasteiger partial charge in [0.05, 0.1) is 18.2 Å². The van der Waals surface area contributed by atoms with Crippen LogP contribution in [-0.2, 0) is 5.54 Å². The molecule has 3 rings (SSSR count). The first-order chi connectivity index (χ1) is 11.7. The molecule has 0 atom stereocenters. The fourth-order valence-electron chi connectivity index (χ4n) is 2.75. The van der Waals surface area contributed by atoms with Gasteiger partial charge in [-0.15, -0.1) is 0 Å². The minimum Gasteiger partial charge on any atom is -0.497 e. The zero-order valence-corrected chi connectivity index (χ0v) is 14.7. The van der Waals surface area contributed by atoms with E-state index in [9.17, 15) is 4.79 Å². The normalized spacial score (nSPS) is 11.7. The van der Waals surface area contributed by atoms with Crippen molar-refractivity contribution in [3.8, 4) is 17.0 Å². The smallest absolute Gasteiger partial charge is 0.254 e. The molecule has 0 aliphatic heterocycles. The van der Waals surface area contributed by atoms with Crippen molar-refractivity contribution in [1.82, 2.24) is 14.8 Å². The van der Waals surface area contributed by atoms with E-state index in [0.717, 1.165) is 16.7 Å². The number of hydrogen-bond donors (Lipinski definition) is 2. The van der Waals surface area contributed by atoms with Crippen molar-refractivity contribution in [2.45, 2.75) is 26.3 Å². The lowest BCUT2D eigenvalue weighted by atomic mass is 10.1. The van der Waals surface area contributed by atoms with Crippen molar-refractivity contribution >= 4 is 22.6 Å². The van der Waals surface area contributed by atoms with Crippen molar-refractivity contribution in [1.29, 1.82) is 0 Å². The number of carbonyl (C=O) groups excluding carboxylic acids is 1. The molecule has 0 unspecified atom stereocenters. The number of hydrogen-bond acceptors (Lipinski definition) is 5. The van der Waals surface area contributed by atoms with E-state index < -0.39 is 5.91 Å². The summed E-state index contributed by atoms with van der Waals surface area (Å²) in [7, 11) is 1.61. The molecule has 4 N–H and O–H groups in total. The average Bonchev–Trinajstić information content (AvgIpc) is 2.91. The first kappa shape index (κ1) is 16.8.